The van der Waals surface area contributed by atoms with E-state index >= 15 is 0 Å². The molecule has 0 atom stereocenters. The van der Waals surface area contributed by atoms with Gasteiger partial charge in [-0.05, 0) is 93.6 Å². The molecule has 0 unspecified atom stereocenters. The van der Waals surface area contributed by atoms with Crippen LogP contribution in [0.5, 0.6) is 5.75 Å². The van der Waals surface area contributed by atoms with E-state index in [1.807, 2.05) is 36.7 Å². The molecule has 0 radical (unpaired) electrons. The Morgan fingerprint density at radius 1 is 0.860 bits per heavy atom. The highest BCUT2D eigenvalue weighted by Crippen LogP contribution is 2.26. The van der Waals surface area contributed by atoms with E-state index < -0.39 is 0 Å². The standard InChI is InChI=1S/C36H41FN4O2/c1-27-5-7-29(8-6-27)24-39-17-13-28(14-18-39)21-36(42)31-3-2-4-35(22-31)43-34-15-19-40(20-16-34)25-30-23-38-41(26-30)33-11-9-32(37)10-12-33/h2-12,22-23,26,28,34H,13-21,24-25H2,1H3. The predicted molar refractivity (Wildman–Crippen MR) is 167 cm³/mol. The molecule has 0 N–H and O–H groups in total. The first-order chi connectivity index (χ1) is 21.0. The number of aryl methyl sites for hydroxylation is 1. The zero-order chi connectivity index (χ0) is 29.6. The van der Waals surface area contributed by atoms with Gasteiger partial charge in [-0.1, -0.05) is 42.0 Å². The summed E-state index contributed by atoms with van der Waals surface area (Å²) in [4.78, 5) is 18.1. The molecule has 224 valence electrons. The van der Waals surface area contributed by atoms with E-state index in [9.17, 15) is 9.18 Å². The molecule has 2 saturated heterocycles. The average molecular weight is 581 g/mol. The first-order valence-electron chi connectivity index (χ1n) is 15.6. The summed E-state index contributed by atoms with van der Waals surface area (Å²) in [6.45, 7) is 7.90. The smallest absolute Gasteiger partial charge is 0.163 e. The van der Waals surface area contributed by atoms with Crippen LogP contribution in [-0.4, -0.2) is 57.6 Å². The third-order valence-electron chi connectivity index (χ3n) is 8.83. The number of carbonyl (C=O) groups is 1. The Labute approximate surface area is 254 Å². The van der Waals surface area contributed by atoms with Crippen molar-refractivity contribution in [3.8, 4) is 11.4 Å². The molecule has 6 nitrogen and oxygen atoms in total. The van der Waals surface area contributed by atoms with Gasteiger partial charge < -0.3 is 4.74 Å². The third-order valence-corrected chi connectivity index (χ3v) is 8.83. The highest BCUT2D eigenvalue weighted by atomic mass is 19.1. The maximum Gasteiger partial charge on any atom is 0.163 e. The fraction of sp³-hybridized carbons (Fsp3) is 0.389. The molecule has 2 fully saturated rings. The van der Waals surface area contributed by atoms with Gasteiger partial charge in [-0.15, -0.1) is 0 Å². The molecule has 6 rings (SSSR count). The van der Waals surface area contributed by atoms with Crippen molar-refractivity contribution in [1.29, 1.82) is 0 Å². The van der Waals surface area contributed by atoms with Gasteiger partial charge in [0.2, 0.25) is 0 Å². The van der Waals surface area contributed by atoms with Crippen LogP contribution >= 0.6 is 0 Å². The van der Waals surface area contributed by atoms with Crippen LogP contribution in [0.3, 0.4) is 0 Å². The molecular formula is C36H41FN4O2. The zero-order valence-electron chi connectivity index (χ0n) is 25.0. The number of halogens is 1. The van der Waals surface area contributed by atoms with Crippen LogP contribution in [0.4, 0.5) is 4.39 Å². The lowest BCUT2D eigenvalue weighted by Crippen LogP contribution is -2.37. The van der Waals surface area contributed by atoms with Gasteiger partial charge in [0, 0.05) is 49.9 Å². The molecule has 2 aliphatic rings. The lowest BCUT2D eigenvalue weighted by molar-refractivity contribution is 0.0915. The summed E-state index contributed by atoms with van der Waals surface area (Å²) >= 11 is 0. The Balaban J connectivity index is 0.935. The van der Waals surface area contributed by atoms with Gasteiger partial charge >= 0.3 is 0 Å². The monoisotopic (exact) mass is 580 g/mol. The van der Waals surface area contributed by atoms with Crippen LogP contribution in [0, 0.1) is 18.7 Å². The Kier molecular flexibility index (Phi) is 9.30. The fourth-order valence-electron chi connectivity index (χ4n) is 6.24. The van der Waals surface area contributed by atoms with Crippen molar-refractivity contribution in [3.63, 3.8) is 0 Å². The number of aromatic nitrogens is 2. The fourth-order valence-corrected chi connectivity index (χ4v) is 6.24. The van der Waals surface area contributed by atoms with Crippen molar-refractivity contribution in [1.82, 2.24) is 19.6 Å². The van der Waals surface area contributed by atoms with Crippen LogP contribution < -0.4 is 4.74 Å². The van der Waals surface area contributed by atoms with E-state index in [4.69, 9.17) is 4.74 Å². The maximum atomic E-state index is 13.2. The Hall–Kier alpha value is -3.81. The number of ketones is 1. The van der Waals surface area contributed by atoms with Crippen molar-refractivity contribution in [2.45, 2.75) is 58.2 Å². The summed E-state index contributed by atoms with van der Waals surface area (Å²) in [7, 11) is 0. The topological polar surface area (TPSA) is 50.6 Å². The molecule has 3 heterocycles. The second-order valence-electron chi connectivity index (χ2n) is 12.2. The number of likely N-dealkylation sites (tertiary alicyclic amines) is 2. The first kappa shape index (κ1) is 29.3. The first-order valence-corrected chi connectivity index (χ1v) is 15.6. The Bertz CT molecular complexity index is 1480. The Morgan fingerprint density at radius 2 is 1.53 bits per heavy atom. The van der Waals surface area contributed by atoms with E-state index in [0.29, 0.717) is 12.3 Å². The quantitative estimate of drug-likeness (QED) is 0.192. The molecule has 0 spiro atoms. The van der Waals surface area contributed by atoms with E-state index in [-0.39, 0.29) is 17.7 Å². The summed E-state index contributed by atoms with van der Waals surface area (Å²) < 4.78 is 21.4. The van der Waals surface area contributed by atoms with Crippen LogP contribution in [0.2, 0.25) is 0 Å². The zero-order valence-corrected chi connectivity index (χ0v) is 25.0. The van der Waals surface area contributed by atoms with Crippen molar-refractivity contribution in [2.24, 2.45) is 5.92 Å². The predicted octanol–water partition coefficient (Wildman–Crippen LogP) is 6.85. The minimum absolute atomic E-state index is 0.140. The lowest BCUT2D eigenvalue weighted by Gasteiger charge is -2.32. The van der Waals surface area contributed by atoms with E-state index in [1.54, 1.807) is 16.8 Å². The van der Waals surface area contributed by atoms with Gasteiger partial charge in [0.15, 0.2) is 5.78 Å². The summed E-state index contributed by atoms with van der Waals surface area (Å²) in [5, 5.41) is 4.45. The highest BCUT2D eigenvalue weighted by Gasteiger charge is 2.24. The van der Waals surface area contributed by atoms with Crippen LogP contribution in [0.1, 0.15) is 59.2 Å². The number of benzene rings is 3. The lowest BCUT2D eigenvalue weighted by atomic mass is 9.89. The summed E-state index contributed by atoms with van der Waals surface area (Å²) in [5.41, 5.74) is 5.39. The highest BCUT2D eigenvalue weighted by molar-refractivity contribution is 5.96. The second-order valence-corrected chi connectivity index (χ2v) is 12.2. The molecule has 2 aliphatic heterocycles. The van der Waals surface area contributed by atoms with Gasteiger partial charge in [0.25, 0.3) is 0 Å². The number of nitrogens with zero attached hydrogens (tertiary/aromatic N) is 4. The number of hydrogen-bond donors (Lipinski definition) is 0. The molecule has 3 aromatic carbocycles. The van der Waals surface area contributed by atoms with Crippen molar-refractivity contribution in [3.05, 3.63) is 113 Å². The van der Waals surface area contributed by atoms with Crippen LogP contribution in [-0.2, 0) is 13.1 Å². The molecule has 4 aromatic rings. The molecule has 0 saturated carbocycles. The summed E-state index contributed by atoms with van der Waals surface area (Å²) in [6, 6.07) is 22.9. The molecular weight excluding hydrogens is 539 g/mol. The number of ether oxygens (including phenoxy) is 1. The molecule has 0 amide bonds. The van der Waals surface area contributed by atoms with Crippen LogP contribution in [0.15, 0.2) is 85.2 Å². The number of carbonyl (C=O) groups excluding carboxylic acids is 1. The third kappa shape index (κ3) is 7.98. The average Bonchev–Trinajstić information content (AvgIpc) is 3.49. The van der Waals surface area contributed by atoms with E-state index in [1.165, 1.54) is 23.3 Å². The summed E-state index contributed by atoms with van der Waals surface area (Å²) in [5.74, 6) is 1.20. The number of Topliss-reactive ketones (excluding diaryl/α,β-unsaturated/α-hetero) is 1. The Morgan fingerprint density at radius 3 is 2.26 bits per heavy atom. The van der Waals surface area contributed by atoms with Crippen molar-refractivity contribution >= 4 is 5.78 Å². The van der Waals surface area contributed by atoms with Gasteiger partial charge in [-0.25, -0.2) is 9.07 Å². The normalized spacial score (nSPS) is 17.3. The van der Waals surface area contributed by atoms with Gasteiger partial charge in [0.05, 0.1) is 11.9 Å². The summed E-state index contributed by atoms with van der Waals surface area (Å²) in [6.07, 6.45) is 8.64. The van der Waals surface area contributed by atoms with Crippen molar-refractivity contribution < 1.29 is 13.9 Å². The molecule has 1 aromatic heterocycles. The SMILES string of the molecule is Cc1ccc(CN2CCC(CC(=O)c3cccc(OC4CCN(Cc5cnn(-c6ccc(F)cc6)c5)CC4)c3)CC2)cc1. The number of piperidine rings is 2. The molecule has 7 heteroatoms. The van der Waals surface area contributed by atoms with Crippen molar-refractivity contribution in [2.75, 3.05) is 26.2 Å². The second kappa shape index (κ2) is 13.7. The number of rotatable bonds is 10. The van der Waals surface area contributed by atoms with Gasteiger partial charge in [0.1, 0.15) is 17.7 Å². The van der Waals surface area contributed by atoms with Gasteiger partial charge in [-0.2, -0.15) is 5.10 Å². The van der Waals surface area contributed by atoms with Gasteiger partial charge in [-0.3, -0.25) is 14.6 Å². The molecule has 0 aliphatic carbocycles. The largest absolute Gasteiger partial charge is 0.490 e. The molecule has 0 bridgehead atoms. The number of hydrogen-bond acceptors (Lipinski definition) is 5. The minimum Gasteiger partial charge on any atom is -0.490 e. The minimum atomic E-state index is -0.250. The van der Waals surface area contributed by atoms with E-state index in [2.05, 4.69) is 46.1 Å². The maximum absolute atomic E-state index is 13.2. The van der Waals surface area contributed by atoms with E-state index in [0.717, 1.165) is 87.5 Å². The van der Waals surface area contributed by atoms with Crippen LogP contribution in [0.25, 0.3) is 5.69 Å². The molecule has 43 heavy (non-hydrogen) atoms.